The summed E-state index contributed by atoms with van der Waals surface area (Å²) in [5.74, 6) is 1.39. The van der Waals surface area contributed by atoms with E-state index in [0.29, 0.717) is 24.8 Å². The van der Waals surface area contributed by atoms with Gasteiger partial charge in [0, 0.05) is 32.4 Å². The van der Waals surface area contributed by atoms with Crippen LogP contribution in [0.4, 0.5) is 5.82 Å². The summed E-state index contributed by atoms with van der Waals surface area (Å²) in [7, 11) is 2.11. The molecule has 1 aliphatic heterocycles. The highest BCUT2D eigenvalue weighted by atomic mass is 16.3. The zero-order valence-electron chi connectivity index (χ0n) is 15.3. The number of carbonyl (C=O) groups is 1. The lowest BCUT2D eigenvalue weighted by Gasteiger charge is -2.30. The average Bonchev–Trinajstić information content (AvgIpc) is 2.97. The molecule has 2 aromatic heterocycles. The van der Waals surface area contributed by atoms with Crippen molar-refractivity contribution in [2.24, 2.45) is 11.3 Å². The standard InChI is InChI=1S/C19H25N5O2/c1-18-8-13(23(2)16-14-3-6-20-15(14)21-11-22-16)7-12(18)9-24(10-18)17(25)19(26)4-5-19/h3,6,11-13,26H,4-5,7-10H2,1-2H3,(H,20,21,22)/t12-,13+,18+/m0/s1. The van der Waals surface area contributed by atoms with Gasteiger partial charge in [0.25, 0.3) is 5.91 Å². The first-order valence-corrected chi connectivity index (χ1v) is 9.42. The van der Waals surface area contributed by atoms with E-state index in [9.17, 15) is 9.90 Å². The topological polar surface area (TPSA) is 85.4 Å². The van der Waals surface area contributed by atoms with E-state index in [-0.39, 0.29) is 11.3 Å². The van der Waals surface area contributed by atoms with E-state index in [0.717, 1.165) is 42.8 Å². The van der Waals surface area contributed by atoms with Crippen molar-refractivity contribution in [3.63, 3.8) is 0 Å². The minimum Gasteiger partial charge on any atom is -0.380 e. The van der Waals surface area contributed by atoms with Crippen LogP contribution < -0.4 is 4.90 Å². The Morgan fingerprint density at radius 2 is 2.23 bits per heavy atom. The largest absolute Gasteiger partial charge is 0.380 e. The molecular formula is C19H25N5O2. The molecule has 0 bridgehead atoms. The highest BCUT2D eigenvalue weighted by Gasteiger charge is 2.57. The van der Waals surface area contributed by atoms with Gasteiger partial charge in [-0.2, -0.15) is 0 Å². The molecule has 0 aromatic carbocycles. The van der Waals surface area contributed by atoms with Crippen LogP contribution in [0.25, 0.3) is 11.0 Å². The second-order valence-corrected chi connectivity index (χ2v) is 8.71. The number of H-pyrrole nitrogens is 1. The minimum atomic E-state index is -1.05. The van der Waals surface area contributed by atoms with Crippen LogP contribution in [-0.2, 0) is 4.79 Å². The average molecular weight is 355 g/mol. The van der Waals surface area contributed by atoms with E-state index in [2.05, 4.69) is 33.8 Å². The molecular weight excluding hydrogens is 330 g/mol. The third-order valence-electron chi connectivity index (χ3n) is 6.86. The number of aromatic amines is 1. The highest BCUT2D eigenvalue weighted by molar-refractivity contribution is 5.88. The number of hydrogen-bond donors (Lipinski definition) is 2. The van der Waals surface area contributed by atoms with Crippen molar-refractivity contribution in [2.45, 2.75) is 44.2 Å². The Hall–Kier alpha value is -2.15. The summed E-state index contributed by atoms with van der Waals surface area (Å²) in [6, 6.07) is 2.43. The van der Waals surface area contributed by atoms with Gasteiger partial charge >= 0.3 is 0 Å². The Labute approximate surface area is 152 Å². The van der Waals surface area contributed by atoms with Crippen molar-refractivity contribution < 1.29 is 9.90 Å². The molecule has 26 heavy (non-hydrogen) atoms. The van der Waals surface area contributed by atoms with Gasteiger partial charge in [0.2, 0.25) is 0 Å². The van der Waals surface area contributed by atoms with Crippen molar-refractivity contribution in [2.75, 3.05) is 25.0 Å². The summed E-state index contributed by atoms with van der Waals surface area (Å²) >= 11 is 0. The van der Waals surface area contributed by atoms with Gasteiger partial charge < -0.3 is 19.9 Å². The molecule has 1 saturated heterocycles. The van der Waals surface area contributed by atoms with Crippen molar-refractivity contribution in [3.8, 4) is 0 Å². The van der Waals surface area contributed by atoms with E-state index >= 15 is 0 Å². The molecule has 0 spiro atoms. The normalized spacial score (nSPS) is 32.0. The number of aliphatic hydroxyl groups is 1. The van der Waals surface area contributed by atoms with Gasteiger partial charge in [-0.15, -0.1) is 0 Å². The van der Waals surface area contributed by atoms with Gasteiger partial charge in [0.15, 0.2) is 0 Å². The number of hydrogen-bond acceptors (Lipinski definition) is 5. The van der Waals surface area contributed by atoms with E-state index in [4.69, 9.17) is 0 Å². The van der Waals surface area contributed by atoms with Crippen molar-refractivity contribution in [1.82, 2.24) is 19.9 Å². The van der Waals surface area contributed by atoms with Crippen LogP contribution in [0.15, 0.2) is 18.6 Å². The number of nitrogens with zero attached hydrogens (tertiary/aromatic N) is 4. The predicted molar refractivity (Wildman–Crippen MR) is 97.7 cm³/mol. The van der Waals surface area contributed by atoms with E-state index in [1.54, 1.807) is 6.33 Å². The van der Waals surface area contributed by atoms with Crippen LogP contribution in [-0.4, -0.2) is 62.6 Å². The van der Waals surface area contributed by atoms with Gasteiger partial charge in [0.05, 0.1) is 5.39 Å². The van der Waals surface area contributed by atoms with Crippen LogP contribution in [0.5, 0.6) is 0 Å². The number of anilines is 1. The number of aromatic nitrogens is 3. The first-order valence-electron chi connectivity index (χ1n) is 9.42. The summed E-state index contributed by atoms with van der Waals surface area (Å²) in [6.07, 6.45) is 6.83. The molecule has 1 amide bonds. The monoisotopic (exact) mass is 355 g/mol. The molecule has 2 aromatic rings. The maximum absolute atomic E-state index is 12.5. The second kappa shape index (κ2) is 5.19. The van der Waals surface area contributed by atoms with E-state index in [1.165, 1.54) is 0 Å². The molecule has 3 atom stereocenters. The number of amides is 1. The van der Waals surface area contributed by atoms with E-state index < -0.39 is 5.60 Å². The van der Waals surface area contributed by atoms with Gasteiger partial charge in [-0.1, -0.05) is 6.92 Å². The fourth-order valence-electron chi connectivity index (χ4n) is 5.05. The van der Waals surface area contributed by atoms with Crippen LogP contribution in [0.3, 0.4) is 0 Å². The van der Waals surface area contributed by atoms with Gasteiger partial charge in [-0.25, -0.2) is 9.97 Å². The van der Waals surface area contributed by atoms with Gasteiger partial charge in [-0.05, 0) is 43.1 Å². The minimum absolute atomic E-state index is 0.0529. The lowest BCUT2D eigenvalue weighted by atomic mass is 9.83. The predicted octanol–water partition coefficient (Wildman–Crippen LogP) is 1.55. The second-order valence-electron chi connectivity index (χ2n) is 8.71. The van der Waals surface area contributed by atoms with Crippen molar-refractivity contribution in [3.05, 3.63) is 18.6 Å². The fourth-order valence-corrected chi connectivity index (χ4v) is 5.05. The summed E-state index contributed by atoms with van der Waals surface area (Å²) in [5, 5.41) is 11.2. The first kappa shape index (κ1) is 16.1. The van der Waals surface area contributed by atoms with E-state index in [1.807, 2.05) is 17.2 Å². The number of likely N-dealkylation sites (tertiary alicyclic amines) is 1. The molecule has 0 unspecified atom stereocenters. The molecule has 0 radical (unpaired) electrons. The Morgan fingerprint density at radius 3 is 2.96 bits per heavy atom. The van der Waals surface area contributed by atoms with Gasteiger partial charge in [0.1, 0.15) is 23.4 Å². The highest BCUT2D eigenvalue weighted by Crippen LogP contribution is 2.51. The maximum atomic E-state index is 12.5. The fraction of sp³-hybridized carbons (Fsp3) is 0.632. The number of carbonyl (C=O) groups excluding carboxylic acids is 1. The Bertz CT molecular complexity index is 876. The Balaban J connectivity index is 1.34. The van der Waals surface area contributed by atoms with Crippen LogP contribution >= 0.6 is 0 Å². The molecule has 3 aliphatic rings. The zero-order valence-corrected chi connectivity index (χ0v) is 15.3. The molecule has 2 saturated carbocycles. The molecule has 3 heterocycles. The SMILES string of the molecule is CN(c1ncnc2[nH]ccc12)[C@@H]1C[C@H]2CN(C(=O)C3(O)CC3)C[C@@]2(C)C1. The number of nitrogens with one attached hydrogen (secondary N) is 1. The molecule has 5 rings (SSSR count). The van der Waals surface area contributed by atoms with Crippen molar-refractivity contribution in [1.29, 1.82) is 0 Å². The van der Waals surface area contributed by atoms with Crippen LogP contribution in [0.1, 0.15) is 32.6 Å². The van der Waals surface area contributed by atoms with Crippen LogP contribution in [0, 0.1) is 11.3 Å². The molecule has 7 heteroatoms. The summed E-state index contributed by atoms with van der Waals surface area (Å²) in [6.45, 7) is 3.82. The maximum Gasteiger partial charge on any atom is 0.254 e. The summed E-state index contributed by atoms with van der Waals surface area (Å²) < 4.78 is 0. The molecule has 3 fully saturated rings. The van der Waals surface area contributed by atoms with Gasteiger partial charge in [-0.3, -0.25) is 4.79 Å². The van der Waals surface area contributed by atoms with Crippen molar-refractivity contribution >= 4 is 22.8 Å². The molecule has 138 valence electrons. The molecule has 7 nitrogen and oxygen atoms in total. The summed E-state index contributed by atoms with van der Waals surface area (Å²) in [5.41, 5.74) is -0.0726. The Morgan fingerprint density at radius 1 is 1.42 bits per heavy atom. The number of rotatable bonds is 3. The third kappa shape index (κ3) is 2.26. The zero-order chi connectivity index (χ0) is 18.1. The lowest BCUT2D eigenvalue weighted by Crippen LogP contribution is -2.41. The molecule has 2 aliphatic carbocycles. The lowest BCUT2D eigenvalue weighted by molar-refractivity contribution is -0.141. The molecule has 2 N–H and O–H groups in total. The van der Waals surface area contributed by atoms with Crippen LogP contribution in [0.2, 0.25) is 0 Å². The quantitative estimate of drug-likeness (QED) is 0.872. The third-order valence-corrected chi connectivity index (χ3v) is 6.86. The Kier molecular flexibility index (Phi) is 3.20. The first-order chi connectivity index (χ1) is 12.4. The summed E-state index contributed by atoms with van der Waals surface area (Å²) in [4.78, 5) is 28.6. The smallest absolute Gasteiger partial charge is 0.254 e. The number of fused-ring (bicyclic) bond motifs is 2.